The molecule has 7 nitrogen and oxygen atoms in total. The second-order valence-corrected chi connectivity index (χ2v) is 7.05. The van der Waals surface area contributed by atoms with Gasteiger partial charge in [-0.15, -0.1) is 0 Å². The molecule has 3 aromatic heterocycles. The molecule has 0 saturated carbocycles. The van der Waals surface area contributed by atoms with Crippen LogP contribution in [0.2, 0.25) is 0 Å². The number of aromatic nitrogens is 3. The molecule has 2 N–H and O–H groups in total. The molecule has 0 aliphatic heterocycles. The number of pyridine rings is 2. The van der Waals surface area contributed by atoms with Crippen LogP contribution in [-0.4, -0.2) is 26.3 Å². The molecule has 4 rings (SSSR count). The van der Waals surface area contributed by atoms with Gasteiger partial charge in [0.2, 0.25) is 5.91 Å². The first-order valence-corrected chi connectivity index (χ1v) is 9.50. The summed E-state index contributed by atoms with van der Waals surface area (Å²) in [5.74, 6) is 0.108. The summed E-state index contributed by atoms with van der Waals surface area (Å²) in [4.78, 5) is 32.7. The van der Waals surface area contributed by atoms with Gasteiger partial charge in [-0.05, 0) is 55.0 Å². The zero-order valence-corrected chi connectivity index (χ0v) is 16.9. The van der Waals surface area contributed by atoms with Crippen molar-refractivity contribution >= 4 is 34.4 Å². The minimum absolute atomic E-state index is 0.117. The second kappa shape index (κ2) is 7.79. The number of rotatable bonds is 4. The van der Waals surface area contributed by atoms with E-state index < -0.39 is 0 Å². The maximum Gasteiger partial charge on any atom is 0.258 e. The summed E-state index contributed by atoms with van der Waals surface area (Å²) in [6.45, 7) is 3.37. The lowest BCUT2D eigenvalue weighted by Gasteiger charge is -2.07. The van der Waals surface area contributed by atoms with Gasteiger partial charge in [-0.25, -0.2) is 9.97 Å². The SMILES string of the molecule is CC(=O)Nc1ccc(-c2cc(C(=O)Nc3ccc4cccnc4n3)c(C)n2C)cc1. The van der Waals surface area contributed by atoms with E-state index in [0.29, 0.717) is 17.0 Å². The molecular formula is C23H21N5O2. The minimum atomic E-state index is -0.230. The number of nitrogens with one attached hydrogen (secondary N) is 2. The van der Waals surface area contributed by atoms with Crippen LogP contribution in [-0.2, 0) is 11.8 Å². The molecule has 30 heavy (non-hydrogen) atoms. The van der Waals surface area contributed by atoms with Gasteiger partial charge in [0.05, 0.1) is 5.56 Å². The normalized spacial score (nSPS) is 10.8. The van der Waals surface area contributed by atoms with Gasteiger partial charge in [-0.1, -0.05) is 12.1 Å². The number of benzene rings is 1. The molecule has 150 valence electrons. The molecule has 0 aliphatic rings. The molecule has 2 amide bonds. The monoisotopic (exact) mass is 399 g/mol. The molecule has 0 fully saturated rings. The standard InChI is InChI=1S/C23H21N5O2/c1-14-19(23(30)27-21-11-8-17-5-4-12-24-22(17)26-21)13-20(28(14)3)16-6-9-18(10-7-16)25-15(2)29/h4-13H,1-3H3,(H,25,29)(H,24,26,27,30). The molecule has 3 heterocycles. The van der Waals surface area contributed by atoms with Crippen molar-refractivity contribution in [1.82, 2.24) is 14.5 Å². The Labute approximate surface area is 173 Å². The third kappa shape index (κ3) is 3.77. The van der Waals surface area contributed by atoms with Gasteiger partial charge in [0.1, 0.15) is 5.82 Å². The topological polar surface area (TPSA) is 88.9 Å². The lowest BCUT2D eigenvalue weighted by Crippen LogP contribution is -2.14. The Morgan fingerprint density at radius 2 is 1.77 bits per heavy atom. The first-order chi connectivity index (χ1) is 14.4. The molecule has 0 aliphatic carbocycles. The van der Waals surface area contributed by atoms with E-state index >= 15 is 0 Å². The van der Waals surface area contributed by atoms with Crippen molar-refractivity contribution in [2.24, 2.45) is 7.05 Å². The Morgan fingerprint density at radius 1 is 1.00 bits per heavy atom. The van der Waals surface area contributed by atoms with Crippen LogP contribution < -0.4 is 10.6 Å². The van der Waals surface area contributed by atoms with Crippen molar-refractivity contribution in [3.8, 4) is 11.3 Å². The summed E-state index contributed by atoms with van der Waals surface area (Å²) >= 11 is 0. The highest BCUT2D eigenvalue weighted by atomic mass is 16.2. The summed E-state index contributed by atoms with van der Waals surface area (Å²) in [7, 11) is 1.92. The fourth-order valence-electron chi connectivity index (χ4n) is 3.34. The van der Waals surface area contributed by atoms with Gasteiger partial charge in [0.25, 0.3) is 5.91 Å². The molecular weight excluding hydrogens is 378 g/mol. The number of fused-ring (bicyclic) bond motifs is 1. The van der Waals surface area contributed by atoms with E-state index in [1.165, 1.54) is 6.92 Å². The number of hydrogen-bond acceptors (Lipinski definition) is 4. The predicted octanol–water partition coefficient (Wildman–Crippen LogP) is 4.15. The van der Waals surface area contributed by atoms with E-state index in [-0.39, 0.29) is 11.8 Å². The molecule has 7 heteroatoms. The number of nitrogens with zero attached hydrogens (tertiary/aromatic N) is 3. The van der Waals surface area contributed by atoms with Crippen LogP contribution in [0.5, 0.6) is 0 Å². The van der Waals surface area contributed by atoms with Crippen LogP contribution in [0.1, 0.15) is 23.0 Å². The van der Waals surface area contributed by atoms with Crippen molar-refractivity contribution < 1.29 is 9.59 Å². The zero-order chi connectivity index (χ0) is 21.3. The second-order valence-electron chi connectivity index (χ2n) is 7.05. The Morgan fingerprint density at radius 3 is 2.50 bits per heavy atom. The average Bonchev–Trinajstić information content (AvgIpc) is 3.03. The highest BCUT2D eigenvalue weighted by Crippen LogP contribution is 2.27. The number of anilines is 2. The molecule has 0 saturated heterocycles. The van der Waals surface area contributed by atoms with E-state index in [4.69, 9.17) is 0 Å². The average molecular weight is 399 g/mol. The minimum Gasteiger partial charge on any atom is -0.347 e. The van der Waals surface area contributed by atoms with E-state index in [2.05, 4.69) is 20.6 Å². The van der Waals surface area contributed by atoms with Gasteiger partial charge < -0.3 is 15.2 Å². The number of amides is 2. The third-order valence-corrected chi connectivity index (χ3v) is 4.99. The maximum absolute atomic E-state index is 12.9. The molecule has 0 radical (unpaired) electrons. The molecule has 0 bridgehead atoms. The van der Waals surface area contributed by atoms with Gasteiger partial charge in [-0.3, -0.25) is 9.59 Å². The van der Waals surface area contributed by atoms with Crippen LogP contribution in [0.4, 0.5) is 11.5 Å². The van der Waals surface area contributed by atoms with Crippen molar-refractivity contribution in [2.45, 2.75) is 13.8 Å². The number of carbonyl (C=O) groups excluding carboxylic acids is 2. The van der Waals surface area contributed by atoms with Crippen molar-refractivity contribution in [2.75, 3.05) is 10.6 Å². The molecule has 0 atom stereocenters. The Hall–Kier alpha value is -4.00. The van der Waals surface area contributed by atoms with Crippen molar-refractivity contribution in [3.05, 3.63) is 72.1 Å². The third-order valence-electron chi connectivity index (χ3n) is 4.99. The van der Waals surface area contributed by atoms with Gasteiger partial charge >= 0.3 is 0 Å². The first-order valence-electron chi connectivity index (χ1n) is 9.50. The highest BCUT2D eigenvalue weighted by Gasteiger charge is 2.17. The quantitative estimate of drug-likeness (QED) is 0.539. The Balaban J connectivity index is 1.60. The van der Waals surface area contributed by atoms with Crippen molar-refractivity contribution in [1.29, 1.82) is 0 Å². The van der Waals surface area contributed by atoms with Gasteiger partial charge in [0, 0.05) is 42.6 Å². The van der Waals surface area contributed by atoms with Crippen LogP contribution in [0.3, 0.4) is 0 Å². The van der Waals surface area contributed by atoms with Crippen LogP contribution in [0.25, 0.3) is 22.3 Å². The van der Waals surface area contributed by atoms with Crippen LogP contribution in [0, 0.1) is 6.92 Å². The summed E-state index contributed by atoms with van der Waals surface area (Å²) in [6.07, 6.45) is 1.67. The largest absolute Gasteiger partial charge is 0.347 e. The summed E-state index contributed by atoms with van der Waals surface area (Å²) < 4.78 is 1.97. The molecule has 0 spiro atoms. The summed E-state index contributed by atoms with van der Waals surface area (Å²) in [5.41, 5.74) is 4.57. The Bertz CT molecular complexity index is 1260. The van der Waals surface area contributed by atoms with E-state index in [0.717, 1.165) is 28.0 Å². The van der Waals surface area contributed by atoms with E-state index in [9.17, 15) is 9.59 Å². The fraction of sp³-hybridized carbons (Fsp3) is 0.130. The number of hydrogen-bond donors (Lipinski definition) is 2. The molecule has 4 aromatic rings. The lowest BCUT2D eigenvalue weighted by molar-refractivity contribution is -0.114. The summed E-state index contributed by atoms with van der Waals surface area (Å²) in [6, 6.07) is 16.8. The molecule has 1 aromatic carbocycles. The lowest BCUT2D eigenvalue weighted by atomic mass is 10.1. The molecule has 0 unspecified atom stereocenters. The predicted molar refractivity (Wildman–Crippen MR) is 117 cm³/mol. The van der Waals surface area contributed by atoms with E-state index in [1.54, 1.807) is 12.3 Å². The van der Waals surface area contributed by atoms with Crippen LogP contribution >= 0.6 is 0 Å². The Kier molecular flexibility index (Phi) is 5.02. The highest BCUT2D eigenvalue weighted by molar-refractivity contribution is 6.06. The van der Waals surface area contributed by atoms with Gasteiger partial charge in [0.15, 0.2) is 5.65 Å². The van der Waals surface area contributed by atoms with E-state index in [1.807, 2.05) is 67.1 Å². The zero-order valence-electron chi connectivity index (χ0n) is 16.9. The maximum atomic E-state index is 12.9. The summed E-state index contributed by atoms with van der Waals surface area (Å²) in [5, 5.41) is 6.53. The fourth-order valence-corrected chi connectivity index (χ4v) is 3.34. The van der Waals surface area contributed by atoms with Crippen LogP contribution in [0.15, 0.2) is 60.8 Å². The smallest absolute Gasteiger partial charge is 0.258 e. The number of carbonyl (C=O) groups is 2. The van der Waals surface area contributed by atoms with Gasteiger partial charge in [-0.2, -0.15) is 0 Å². The first kappa shape index (κ1) is 19.3. The van der Waals surface area contributed by atoms with Crippen molar-refractivity contribution in [3.63, 3.8) is 0 Å².